The topological polar surface area (TPSA) is 120 Å². The molecule has 2 aromatic carbocycles. The minimum Gasteiger partial charge on any atom is -0.392 e. The van der Waals surface area contributed by atoms with E-state index in [1.54, 1.807) is 6.92 Å². The summed E-state index contributed by atoms with van der Waals surface area (Å²) in [4.78, 5) is 17.1. The number of pyridine rings is 1. The number of carbonyl (C=O) groups is 1. The maximum absolute atomic E-state index is 15.0. The van der Waals surface area contributed by atoms with E-state index in [1.807, 2.05) is 0 Å². The van der Waals surface area contributed by atoms with E-state index in [9.17, 15) is 35.9 Å². The van der Waals surface area contributed by atoms with E-state index in [0.29, 0.717) is 24.5 Å². The molecular weight excluding hydrogens is 588 g/mol. The van der Waals surface area contributed by atoms with Gasteiger partial charge in [0.2, 0.25) is 15.9 Å². The van der Waals surface area contributed by atoms with Gasteiger partial charge < -0.3 is 15.7 Å². The quantitative estimate of drug-likeness (QED) is 0.189. The minimum atomic E-state index is -3.56. The maximum atomic E-state index is 15.0. The van der Waals surface area contributed by atoms with Crippen LogP contribution in [0.1, 0.15) is 55.2 Å². The van der Waals surface area contributed by atoms with Crippen molar-refractivity contribution in [2.75, 3.05) is 18.4 Å². The predicted octanol–water partition coefficient (Wildman–Crippen LogP) is 4.15. The van der Waals surface area contributed by atoms with Crippen molar-refractivity contribution < 1.29 is 35.9 Å². The lowest BCUT2D eigenvalue weighted by Crippen LogP contribution is -2.44. The van der Waals surface area contributed by atoms with Gasteiger partial charge in [0.15, 0.2) is 0 Å². The maximum Gasteiger partial charge on any atom is 0.225 e. The molecule has 3 aromatic rings. The number of amides is 1. The first-order chi connectivity index (χ1) is 20.4. The first-order valence-electron chi connectivity index (χ1n) is 13.9. The number of hydrogen-bond donors (Lipinski definition) is 4. The van der Waals surface area contributed by atoms with Gasteiger partial charge in [0, 0.05) is 43.1 Å². The number of nitrogens with zero attached hydrogens (tertiary/aromatic N) is 1. The molecule has 0 radical (unpaired) electrons. The molecule has 1 saturated carbocycles. The molecule has 8 nitrogen and oxygen atoms in total. The van der Waals surface area contributed by atoms with Crippen LogP contribution in [0.4, 0.5) is 23.2 Å². The van der Waals surface area contributed by atoms with Crippen LogP contribution in [0.5, 0.6) is 0 Å². The van der Waals surface area contributed by atoms with Crippen molar-refractivity contribution in [2.45, 2.75) is 62.3 Å². The summed E-state index contributed by atoms with van der Waals surface area (Å²) in [5, 5.41) is 14.7. The number of benzene rings is 2. The molecular formula is C30H34F4N4O4S. The molecule has 1 heterocycles. The lowest BCUT2D eigenvalue weighted by Gasteiger charge is -2.21. The number of anilines is 1. The fraction of sp³-hybridized carbons (Fsp3) is 0.400. The number of carbonyl (C=O) groups excluding carboxylic acids is 1. The Morgan fingerprint density at radius 3 is 2.28 bits per heavy atom. The van der Waals surface area contributed by atoms with Crippen molar-refractivity contribution in [3.8, 4) is 0 Å². The molecule has 4 N–H and O–H groups in total. The molecule has 0 saturated heterocycles. The number of rotatable bonds is 15. The van der Waals surface area contributed by atoms with Crippen LogP contribution in [0.15, 0.2) is 54.9 Å². The van der Waals surface area contributed by atoms with E-state index >= 15 is 0 Å². The Hall–Kier alpha value is -3.39. The van der Waals surface area contributed by atoms with Gasteiger partial charge in [-0.2, -0.15) is 0 Å². The molecule has 1 aromatic heterocycles. The lowest BCUT2D eigenvalue weighted by atomic mass is 9.88. The van der Waals surface area contributed by atoms with Crippen LogP contribution < -0.4 is 15.4 Å². The van der Waals surface area contributed by atoms with Gasteiger partial charge in [0.05, 0.1) is 29.4 Å². The molecule has 232 valence electrons. The normalized spacial score (nSPS) is 15.6. The summed E-state index contributed by atoms with van der Waals surface area (Å²) < 4.78 is 84.5. The van der Waals surface area contributed by atoms with E-state index in [0.717, 1.165) is 18.3 Å². The average molecular weight is 623 g/mol. The molecule has 0 bridgehead atoms. The number of aliphatic hydroxyl groups is 1. The molecule has 43 heavy (non-hydrogen) atoms. The van der Waals surface area contributed by atoms with Gasteiger partial charge in [-0.25, -0.2) is 30.7 Å². The summed E-state index contributed by atoms with van der Waals surface area (Å²) in [5.41, 5.74) is 0.764. The fourth-order valence-corrected chi connectivity index (χ4v) is 6.42. The van der Waals surface area contributed by atoms with Crippen molar-refractivity contribution in [1.29, 1.82) is 0 Å². The van der Waals surface area contributed by atoms with E-state index in [1.165, 1.54) is 30.5 Å². The first kappa shape index (κ1) is 32.5. The van der Waals surface area contributed by atoms with Crippen molar-refractivity contribution in [2.24, 2.45) is 0 Å². The lowest BCUT2D eigenvalue weighted by molar-refractivity contribution is -0.116. The second-order valence-electron chi connectivity index (χ2n) is 10.8. The van der Waals surface area contributed by atoms with Crippen LogP contribution >= 0.6 is 0 Å². The van der Waals surface area contributed by atoms with E-state index < -0.39 is 62.5 Å². The number of sulfonamides is 1. The SMILES string of the molecule is C[C@H](O)CNC[C@H](CCc1c(F)cncc1NC(=O)C[C@@H](c1ccc(F)cc1)c1cc(F)cc(F)c1)NS(=O)(=O)C1CC1. The minimum absolute atomic E-state index is 0.0364. The third-order valence-electron chi connectivity index (χ3n) is 7.10. The highest BCUT2D eigenvalue weighted by Crippen LogP contribution is 2.31. The molecule has 13 heteroatoms. The molecule has 0 aliphatic heterocycles. The number of aliphatic hydroxyl groups excluding tert-OH is 1. The van der Waals surface area contributed by atoms with Crippen molar-refractivity contribution in [3.63, 3.8) is 0 Å². The molecule has 4 rings (SSSR count). The van der Waals surface area contributed by atoms with Gasteiger partial charge in [-0.1, -0.05) is 12.1 Å². The summed E-state index contributed by atoms with van der Waals surface area (Å²) in [5.74, 6) is -4.37. The first-order valence-corrected chi connectivity index (χ1v) is 15.5. The Bertz CT molecular complexity index is 1500. The fourth-order valence-electron chi connectivity index (χ4n) is 4.80. The number of aromatic nitrogens is 1. The van der Waals surface area contributed by atoms with Gasteiger partial charge in [-0.15, -0.1) is 0 Å². The van der Waals surface area contributed by atoms with Crippen molar-refractivity contribution >= 4 is 21.6 Å². The Morgan fingerprint density at radius 2 is 1.65 bits per heavy atom. The predicted molar refractivity (Wildman–Crippen MR) is 154 cm³/mol. The summed E-state index contributed by atoms with van der Waals surface area (Å²) >= 11 is 0. The number of halogens is 4. The van der Waals surface area contributed by atoms with Crippen LogP contribution in [0, 0.1) is 23.3 Å². The smallest absolute Gasteiger partial charge is 0.225 e. The van der Waals surface area contributed by atoms with E-state index in [2.05, 4.69) is 20.3 Å². The zero-order chi connectivity index (χ0) is 31.1. The zero-order valence-electron chi connectivity index (χ0n) is 23.5. The Morgan fingerprint density at radius 1 is 0.977 bits per heavy atom. The zero-order valence-corrected chi connectivity index (χ0v) is 24.3. The van der Waals surface area contributed by atoms with E-state index in [4.69, 9.17) is 0 Å². The van der Waals surface area contributed by atoms with Crippen LogP contribution in [0.25, 0.3) is 0 Å². The van der Waals surface area contributed by atoms with Crippen LogP contribution in [-0.2, 0) is 21.2 Å². The molecule has 0 unspecified atom stereocenters. The second kappa shape index (κ2) is 14.4. The third-order valence-corrected chi connectivity index (χ3v) is 9.11. The van der Waals surface area contributed by atoms with Gasteiger partial charge in [0.25, 0.3) is 0 Å². The summed E-state index contributed by atoms with van der Waals surface area (Å²) in [6.07, 6.45) is 2.63. The Balaban J connectivity index is 1.51. The molecule has 3 atom stereocenters. The van der Waals surface area contributed by atoms with Gasteiger partial charge in [0.1, 0.15) is 23.3 Å². The third kappa shape index (κ3) is 9.55. The highest BCUT2D eigenvalue weighted by molar-refractivity contribution is 7.90. The second-order valence-corrected chi connectivity index (χ2v) is 12.8. The molecule has 0 spiro atoms. The summed E-state index contributed by atoms with van der Waals surface area (Å²) in [6, 6.07) is 7.45. The number of hydrogen-bond acceptors (Lipinski definition) is 6. The summed E-state index contributed by atoms with van der Waals surface area (Å²) in [7, 11) is -3.56. The van der Waals surface area contributed by atoms with Crippen LogP contribution in [0.2, 0.25) is 0 Å². The Labute approximate surface area is 248 Å². The van der Waals surface area contributed by atoms with Crippen molar-refractivity contribution in [1.82, 2.24) is 15.0 Å². The monoisotopic (exact) mass is 622 g/mol. The number of nitrogens with one attached hydrogen (secondary N) is 3. The van der Waals surface area contributed by atoms with Crippen LogP contribution in [-0.4, -0.2) is 54.9 Å². The van der Waals surface area contributed by atoms with Crippen molar-refractivity contribution in [3.05, 3.63) is 94.8 Å². The van der Waals surface area contributed by atoms with Crippen LogP contribution in [0.3, 0.4) is 0 Å². The molecule has 1 aliphatic carbocycles. The largest absolute Gasteiger partial charge is 0.392 e. The highest BCUT2D eigenvalue weighted by Gasteiger charge is 2.37. The van der Waals surface area contributed by atoms with E-state index in [-0.39, 0.29) is 49.2 Å². The molecule has 1 aliphatic rings. The highest BCUT2D eigenvalue weighted by atomic mass is 32.2. The summed E-state index contributed by atoms with van der Waals surface area (Å²) in [6.45, 7) is 2.01. The van der Waals surface area contributed by atoms with Gasteiger partial charge in [-0.3, -0.25) is 9.78 Å². The average Bonchev–Trinajstić information content (AvgIpc) is 3.78. The van der Waals surface area contributed by atoms with Gasteiger partial charge in [-0.05, 0) is 68.0 Å². The molecule has 1 fully saturated rings. The standard InChI is InChI=1S/C30H34F4N4O4S/c1-18(39)14-35-15-24(38-43(41,42)25-7-8-25)6-9-26-28(34)16-36-17-29(26)37-30(40)13-27(19-2-4-21(31)5-3-19)20-10-22(32)12-23(33)11-20/h2-5,10-12,16-18,24-25,27,35,38-39H,6-9,13-15H2,1H3,(H,37,40)/t18-,24-,27-/m0/s1. The van der Waals surface area contributed by atoms with Gasteiger partial charge >= 0.3 is 0 Å². The Kier molecular flexibility index (Phi) is 10.9. The molecule has 1 amide bonds.